The zero-order valence-corrected chi connectivity index (χ0v) is 17.9. The fraction of sp³-hybridized carbons (Fsp3) is 0.320. The van der Waals surface area contributed by atoms with Gasteiger partial charge in [0.15, 0.2) is 5.78 Å². The Kier molecular flexibility index (Phi) is 7.60. The molecule has 1 heterocycles. The molecule has 0 atom stereocenters. The van der Waals surface area contributed by atoms with Gasteiger partial charge in [0.05, 0.1) is 24.4 Å². The molecule has 162 valence electrons. The van der Waals surface area contributed by atoms with Gasteiger partial charge in [-0.05, 0) is 36.6 Å². The van der Waals surface area contributed by atoms with Crippen LogP contribution in [0, 0.1) is 0 Å². The van der Waals surface area contributed by atoms with Gasteiger partial charge in [-0.2, -0.15) is 0 Å². The van der Waals surface area contributed by atoms with Gasteiger partial charge in [-0.15, -0.1) is 0 Å². The third kappa shape index (κ3) is 5.20. The minimum atomic E-state index is -0.485. The highest BCUT2D eigenvalue weighted by Gasteiger charge is 2.31. The molecule has 0 unspecified atom stereocenters. The summed E-state index contributed by atoms with van der Waals surface area (Å²) >= 11 is 0. The molecule has 6 heteroatoms. The monoisotopic (exact) mass is 421 g/mol. The Labute approximate surface area is 182 Å². The van der Waals surface area contributed by atoms with Gasteiger partial charge >= 0.3 is 12.1 Å². The van der Waals surface area contributed by atoms with Crippen molar-refractivity contribution in [3.8, 4) is 0 Å². The first-order chi connectivity index (χ1) is 15.1. The van der Waals surface area contributed by atoms with E-state index >= 15 is 0 Å². The van der Waals surface area contributed by atoms with Crippen LogP contribution in [-0.4, -0.2) is 42.5 Å². The van der Waals surface area contributed by atoms with Gasteiger partial charge in [-0.25, -0.2) is 9.59 Å². The Morgan fingerprint density at radius 2 is 1.65 bits per heavy atom. The first-order valence-corrected chi connectivity index (χ1v) is 10.6. The first kappa shape index (κ1) is 22.3. The van der Waals surface area contributed by atoms with Crippen molar-refractivity contribution in [3.63, 3.8) is 0 Å². The van der Waals surface area contributed by atoms with Crippen LogP contribution in [0.2, 0.25) is 0 Å². The number of carbonyl (C=O) groups excluding carboxylic acids is 3. The summed E-state index contributed by atoms with van der Waals surface area (Å²) in [6.07, 6.45) is 1.55. The van der Waals surface area contributed by atoms with E-state index in [1.807, 2.05) is 37.3 Å². The van der Waals surface area contributed by atoms with Crippen molar-refractivity contribution in [2.75, 3.05) is 19.8 Å². The molecular weight excluding hydrogens is 394 g/mol. The average Bonchev–Trinajstić information content (AvgIpc) is 3.22. The van der Waals surface area contributed by atoms with Crippen molar-refractivity contribution in [2.45, 2.75) is 33.1 Å². The van der Waals surface area contributed by atoms with E-state index in [9.17, 15) is 14.4 Å². The standard InChI is InChI=1S/C25H27NO5/c1-3-5-11-21(27)22(18-9-7-6-8-10-18)23(26-16-17-31-25(26)29)19-12-14-20(15-13-19)24(28)30-4-2/h6-10,12-15H,3-5,11,16-17H2,1-2H3/b23-22+. The highest BCUT2D eigenvalue weighted by Crippen LogP contribution is 2.33. The van der Waals surface area contributed by atoms with E-state index in [4.69, 9.17) is 9.47 Å². The predicted octanol–water partition coefficient (Wildman–Crippen LogP) is 4.94. The van der Waals surface area contributed by atoms with E-state index in [1.165, 1.54) is 4.90 Å². The van der Waals surface area contributed by atoms with Crippen LogP contribution in [0.3, 0.4) is 0 Å². The van der Waals surface area contributed by atoms with Crippen molar-refractivity contribution in [1.29, 1.82) is 0 Å². The normalized spacial score (nSPS) is 14.1. The van der Waals surface area contributed by atoms with Crippen LogP contribution in [-0.2, 0) is 14.3 Å². The fourth-order valence-electron chi connectivity index (χ4n) is 3.51. The fourth-order valence-corrected chi connectivity index (χ4v) is 3.51. The lowest BCUT2D eigenvalue weighted by molar-refractivity contribution is -0.113. The number of allylic oxidation sites excluding steroid dienone is 1. The minimum absolute atomic E-state index is 0.0304. The van der Waals surface area contributed by atoms with Gasteiger partial charge < -0.3 is 9.47 Å². The van der Waals surface area contributed by atoms with E-state index < -0.39 is 12.1 Å². The van der Waals surface area contributed by atoms with Crippen molar-refractivity contribution < 1.29 is 23.9 Å². The number of ether oxygens (including phenoxy) is 2. The highest BCUT2D eigenvalue weighted by atomic mass is 16.6. The SMILES string of the molecule is CCCCC(=O)/C(=C(\c1ccc(C(=O)OCC)cc1)N1CCOC1=O)c1ccccc1. The summed E-state index contributed by atoms with van der Waals surface area (Å²) in [4.78, 5) is 39.4. The number of benzene rings is 2. The highest BCUT2D eigenvalue weighted by molar-refractivity contribution is 6.28. The van der Waals surface area contributed by atoms with Crippen LogP contribution >= 0.6 is 0 Å². The lowest BCUT2D eigenvalue weighted by atomic mass is 9.92. The zero-order valence-electron chi connectivity index (χ0n) is 17.9. The summed E-state index contributed by atoms with van der Waals surface area (Å²) in [6, 6.07) is 16.1. The Hall–Kier alpha value is -3.41. The third-order valence-corrected chi connectivity index (χ3v) is 5.04. The summed E-state index contributed by atoms with van der Waals surface area (Å²) in [5, 5.41) is 0. The molecule has 0 aromatic heterocycles. The molecule has 0 saturated carbocycles. The van der Waals surface area contributed by atoms with Crippen LogP contribution in [0.1, 0.15) is 54.6 Å². The Morgan fingerprint density at radius 1 is 0.968 bits per heavy atom. The second-order valence-corrected chi connectivity index (χ2v) is 7.18. The van der Waals surface area contributed by atoms with Gasteiger partial charge in [0.25, 0.3) is 0 Å². The number of carbonyl (C=O) groups is 3. The lowest BCUT2D eigenvalue weighted by Crippen LogP contribution is -2.25. The van der Waals surface area contributed by atoms with E-state index in [1.54, 1.807) is 31.2 Å². The second kappa shape index (κ2) is 10.6. The van der Waals surface area contributed by atoms with Crippen molar-refractivity contribution >= 4 is 29.1 Å². The number of ketones is 1. The zero-order chi connectivity index (χ0) is 22.2. The lowest BCUT2D eigenvalue weighted by Gasteiger charge is -2.22. The number of esters is 1. The van der Waals surface area contributed by atoms with Crippen LogP contribution in [0.25, 0.3) is 11.3 Å². The Bertz CT molecular complexity index is 963. The van der Waals surface area contributed by atoms with E-state index in [-0.39, 0.29) is 19.0 Å². The van der Waals surface area contributed by atoms with Crippen molar-refractivity contribution in [2.24, 2.45) is 0 Å². The molecule has 1 amide bonds. The number of hydrogen-bond acceptors (Lipinski definition) is 5. The minimum Gasteiger partial charge on any atom is -0.462 e. The number of nitrogens with zero attached hydrogens (tertiary/aromatic N) is 1. The molecule has 6 nitrogen and oxygen atoms in total. The smallest absolute Gasteiger partial charge is 0.414 e. The maximum Gasteiger partial charge on any atom is 0.414 e. The Morgan fingerprint density at radius 3 is 2.23 bits per heavy atom. The van der Waals surface area contributed by atoms with Crippen molar-refractivity contribution in [3.05, 3.63) is 71.3 Å². The van der Waals surface area contributed by atoms with Crippen LogP contribution < -0.4 is 0 Å². The molecular formula is C25H27NO5. The molecule has 1 aliphatic heterocycles. The molecule has 2 aromatic rings. The molecule has 1 saturated heterocycles. The topological polar surface area (TPSA) is 72.9 Å². The van der Waals surface area contributed by atoms with E-state index in [0.29, 0.717) is 35.4 Å². The molecule has 0 aliphatic carbocycles. The quantitative estimate of drug-likeness (QED) is 0.326. The molecule has 3 rings (SSSR count). The summed E-state index contributed by atoms with van der Waals surface area (Å²) in [6.45, 7) is 4.68. The molecule has 1 aliphatic rings. The van der Waals surface area contributed by atoms with Gasteiger partial charge in [-0.3, -0.25) is 9.69 Å². The first-order valence-electron chi connectivity index (χ1n) is 10.6. The molecule has 1 fully saturated rings. The second-order valence-electron chi connectivity index (χ2n) is 7.18. The number of amides is 1. The molecule has 31 heavy (non-hydrogen) atoms. The molecule has 0 N–H and O–H groups in total. The van der Waals surface area contributed by atoms with Gasteiger partial charge in [0.1, 0.15) is 6.61 Å². The van der Waals surface area contributed by atoms with Gasteiger partial charge in [-0.1, -0.05) is 55.8 Å². The predicted molar refractivity (Wildman–Crippen MR) is 118 cm³/mol. The van der Waals surface area contributed by atoms with E-state index in [2.05, 4.69) is 0 Å². The molecule has 0 bridgehead atoms. The van der Waals surface area contributed by atoms with Crippen LogP contribution in [0.5, 0.6) is 0 Å². The van der Waals surface area contributed by atoms with Gasteiger partial charge in [0, 0.05) is 12.0 Å². The summed E-state index contributed by atoms with van der Waals surface area (Å²) in [5.74, 6) is -0.445. The molecule has 2 aromatic carbocycles. The maximum absolute atomic E-state index is 13.3. The molecule has 0 spiro atoms. The summed E-state index contributed by atoms with van der Waals surface area (Å²) in [5.41, 5.74) is 2.80. The van der Waals surface area contributed by atoms with Crippen LogP contribution in [0.15, 0.2) is 54.6 Å². The van der Waals surface area contributed by atoms with Crippen LogP contribution in [0.4, 0.5) is 4.79 Å². The number of cyclic esters (lactones) is 1. The number of unbranched alkanes of at least 4 members (excludes halogenated alkanes) is 1. The van der Waals surface area contributed by atoms with E-state index in [0.717, 1.165) is 18.4 Å². The third-order valence-electron chi connectivity index (χ3n) is 5.04. The average molecular weight is 421 g/mol. The van der Waals surface area contributed by atoms with Gasteiger partial charge in [0.2, 0.25) is 0 Å². The maximum atomic E-state index is 13.3. The van der Waals surface area contributed by atoms with Crippen molar-refractivity contribution in [1.82, 2.24) is 4.90 Å². The largest absolute Gasteiger partial charge is 0.462 e. The summed E-state index contributed by atoms with van der Waals surface area (Å²) in [7, 11) is 0. The molecule has 0 radical (unpaired) electrons. The Balaban J connectivity index is 2.17. The number of rotatable bonds is 9. The number of Topliss-reactive ketones (excluding diaryl/α,β-unsaturated/α-hetero) is 1. The number of hydrogen-bond donors (Lipinski definition) is 0. The summed E-state index contributed by atoms with van der Waals surface area (Å²) < 4.78 is 10.2.